The van der Waals surface area contributed by atoms with Crippen LogP contribution in [0.4, 0.5) is 0 Å². The first-order valence-corrected chi connectivity index (χ1v) is 5.26. The van der Waals surface area contributed by atoms with E-state index in [4.69, 9.17) is 15.7 Å². The first-order valence-electron chi connectivity index (χ1n) is 5.26. The van der Waals surface area contributed by atoms with Gasteiger partial charge in [-0.25, -0.2) is 0 Å². The van der Waals surface area contributed by atoms with Crippen molar-refractivity contribution >= 4 is 0 Å². The highest BCUT2D eigenvalue weighted by molar-refractivity contribution is 5.42. The fourth-order valence-corrected chi connectivity index (χ4v) is 1.41. The van der Waals surface area contributed by atoms with Crippen molar-refractivity contribution in [3.8, 4) is 11.8 Å². The molecule has 1 atom stereocenters. The standard InChI is InChI=1S/C13H18N2O/c1-9-5-10(2)11(3)12(6-9)16-8-13(4,15)7-14/h5-6H,8,15H2,1-4H3. The minimum Gasteiger partial charge on any atom is -0.490 e. The van der Waals surface area contributed by atoms with Gasteiger partial charge < -0.3 is 10.5 Å². The van der Waals surface area contributed by atoms with E-state index in [0.717, 1.165) is 16.9 Å². The molecule has 2 N–H and O–H groups in total. The Labute approximate surface area is 96.8 Å². The van der Waals surface area contributed by atoms with E-state index in [2.05, 4.69) is 6.07 Å². The van der Waals surface area contributed by atoms with Crippen molar-refractivity contribution in [3.05, 3.63) is 28.8 Å². The summed E-state index contributed by atoms with van der Waals surface area (Å²) in [7, 11) is 0. The number of hydrogen-bond acceptors (Lipinski definition) is 3. The summed E-state index contributed by atoms with van der Waals surface area (Å²) in [5.74, 6) is 0.810. The maximum absolute atomic E-state index is 8.80. The Balaban J connectivity index is 2.87. The molecule has 3 heteroatoms. The monoisotopic (exact) mass is 218 g/mol. The van der Waals surface area contributed by atoms with Gasteiger partial charge in [-0.15, -0.1) is 0 Å². The number of ether oxygens (including phenoxy) is 1. The van der Waals surface area contributed by atoms with Gasteiger partial charge in [-0.05, 0) is 50.5 Å². The van der Waals surface area contributed by atoms with E-state index in [1.165, 1.54) is 5.56 Å². The SMILES string of the molecule is Cc1cc(C)c(C)c(OCC(C)(N)C#N)c1. The zero-order valence-corrected chi connectivity index (χ0v) is 10.3. The highest BCUT2D eigenvalue weighted by Crippen LogP contribution is 2.23. The molecule has 3 nitrogen and oxygen atoms in total. The Kier molecular flexibility index (Phi) is 3.56. The molecule has 0 radical (unpaired) electrons. The third-order valence-electron chi connectivity index (χ3n) is 2.55. The van der Waals surface area contributed by atoms with Crippen LogP contribution < -0.4 is 10.5 Å². The summed E-state index contributed by atoms with van der Waals surface area (Å²) in [5, 5.41) is 8.80. The lowest BCUT2D eigenvalue weighted by Crippen LogP contribution is -2.40. The highest BCUT2D eigenvalue weighted by Gasteiger charge is 2.18. The van der Waals surface area contributed by atoms with Crippen LogP contribution in [0.2, 0.25) is 0 Å². The fourth-order valence-electron chi connectivity index (χ4n) is 1.41. The summed E-state index contributed by atoms with van der Waals surface area (Å²) < 4.78 is 5.61. The van der Waals surface area contributed by atoms with E-state index < -0.39 is 5.54 Å². The lowest BCUT2D eigenvalue weighted by molar-refractivity contribution is 0.263. The number of rotatable bonds is 3. The predicted octanol–water partition coefficient (Wildman–Crippen LogP) is 2.23. The van der Waals surface area contributed by atoms with Gasteiger partial charge in [0.2, 0.25) is 0 Å². The number of aryl methyl sites for hydroxylation is 2. The van der Waals surface area contributed by atoms with Crippen LogP contribution in [0.5, 0.6) is 5.75 Å². The van der Waals surface area contributed by atoms with Gasteiger partial charge in [0.15, 0.2) is 0 Å². The Morgan fingerprint density at radius 1 is 1.38 bits per heavy atom. The van der Waals surface area contributed by atoms with Gasteiger partial charge >= 0.3 is 0 Å². The van der Waals surface area contributed by atoms with Crippen LogP contribution in [0.3, 0.4) is 0 Å². The molecule has 1 aromatic carbocycles. The van der Waals surface area contributed by atoms with Crippen LogP contribution in [0, 0.1) is 32.1 Å². The average molecular weight is 218 g/mol. The molecule has 0 aliphatic carbocycles. The number of nitriles is 1. The normalized spacial score (nSPS) is 14.0. The van der Waals surface area contributed by atoms with Crippen molar-refractivity contribution in [1.29, 1.82) is 5.26 Å². The van der Waals surface area contributed by atoms with Crippen molar-refractivity contribution in [2.45, 2.75) is 33.2 Å². The molecular weight excluding hydrogens is 200 g/mol. The number of nitrogens with zero attached hydrogens (tertiary/aromatic N) is 1. The van der Waals surface area contributed by atoms with E-state index >= 15 is 0 Å². The first kappa shape index (κ1) is 12.5. The topological polar surface area (TPSA) is 59.0 Å². The van der Waals surface area contributed by atoms with Gasteiger partial charge in [0, 0.05) is 0 Å². The van der Waals surface area contributed by atoms with Gasteiger partial charge in [-0.3, -0.25) is 0 Å². The van der Waals surface area contributed by atoms with Gasteiger partial charge in [0.1, 0.15) is 17.9 Å². The molecule has 0 aromatic heterocycles. The fraction of sp³-hybridized carbons (Fsp3) is 0.462. The summed E-state index contributed by atoms with van der Waals surface area (Å²) in [6.07, 6.45) is 0. The van der Waals surface area contributed by atoms with E-state index in [0.29, 0.717) is 0 Å². The third-order valence-corrected chi connectivity index (χ3v) is 2.55. The summed E-state index contributed by atoms with van der Waals surface area (Å²) in [6, 6.07) is 6.09. The molecule has 1 unspecified atom stereocenters. The molecule has 16 heavy (non-hydrogen) atoms. The molecule has 0 spiro atoms. The number of hydrogen-bond donors (Lipinski definition) is 1. The van der Waals surface area contributed by atoms with Crippen molar-refractivity contribution in [2.75, 3.05) is 6.61 Å². The predicted molar refractivity (Wildman–Crippen MR) is 64.4 cm³/mol. The molecule has 0 bridgehead atoms. The highest BCUT2D eigenvalue weighted by atomic mass is 16.5. The lowest BCUT2D eigenvalue weighted by atomic mass is 10.1. The second kappa shape index (κ2) is 4.54. The number of benzene rings is 1. The molecule has 86 valence electrons. The smallest absolute Gasteiger partial charge is 0.135 e. The van der Waals surface area contributed by atoms with Crippen LogP contribution in [0.1, 0.15) is 23.6 Å². The average Bonchev–Trinajstić information content (AvgIpc) is 2.21. The molecular formula is C13H18N2O. The minimum atomic E-state index is -0.940. The molecule has 0 saturated carbocycles. The van der Waals surface area contributed by atoms with Crippen LogP contribution >= 0.6 is 0 Å². The third kappa shape index (κ3) is 2.98. The van der Waals surface area contributed by atoms with E-state index in [-0.39, 0.29) is 6.61 Å². The lowest BCUT2D eigenvalue weighted by Gasteiger charge is -2.18. The molecule has 1 aromatic rings. The van der Waals surface area contributed by atoms with Gasteiger partial charge in [0.25, 0.3) is 0 Å². The Morgan fingerprint density at radius 2 is 2.00 bits per heavy atom. The summed E-state index contributed by atoms with van der Waals surface area (Å²) in [4.78, 5) is 0. The van der Waals surface area contributed by atoms with Gasteiger partial charge in [-0.1, -0.05) is 6.07 Å². The largest absolute Gasteiger partial charge is 0.490 e. The van der Waals surface area contributed by atoms with Crippen LogP contribution in [0.25, 0.3) is 0 Å². The quantitative estimate of drug-likeness (QED) is 0.846. The maximum atomic E-state index is 8.80. The van der Waals surface area contributed by atoms with Crippen molar-refractivity contribution < 1.29 is 4.74 Å². The van der Waals surface area contributed by atoms with Crippen molar-refractivity contribution in [2.24, 2.45) is 5.73 Å². The van der Waals surface area contributed by atoms with E-state index in [1.54, 1.807) is 6.92 Å². The molecule has 0 saturated heterocycles. The van der Waals surface area contributed by atoms with Crippen LogP contribution in [-0.2, 0) is 0 Å². The Morgan fingerprint density at radius 3 is 2.56 bits per heavy atom. The molecule has 0 aliphatic rings. The molecule has 0 amide bonds. The number of nitrogens with two attached hydrogens (primary N) is 1. The van der Waals surface area contributed by atoms with E-state index in [1.807, 2.05) is 32.9 Å². The van der Waals surface area contributed by atoms with Crippen molar-refractivity contribution in [1.82, 2.24) is 0 Å². The summed E-state index contributed by atoms with van der Waals surface area (Å²) in [5.41, 5.74) is 8.19. The van der Waals surface area contributed by atoms with Crippen LogP contribution in [0.15, 0.2) is 12.1 Å². The first-order chi connectivity index (χ1) is 7.35. The molecule has 1 rings (SSSR count). The zero-order chi connectivity index (χ0) is 12.3. The van der Waals surface area contributed by atoms with Crippen molar-refractivity contribution in [3.63, 3.8) is 0 Å². The second-order valence-electron chi connectivity index (χ2n) is 4.52. The van der Waals surface area contributed by atoms with Gasteiger partial charge in [-0.2, -0.15) is 5.26 Å². The molecule has 0 heterocycles. The Hall–Kier alpha value is -1.53. The molecule has 0 aliphatic heterocycles. The summed E-state index contributed by atoms with van der Waals surface area (Å²) >= 11 is 0. The molecule has 0 fully saturated rings. The zero-order valence-electron chi connectivity index (χ0n) is 10.3. The Bertz CT molecular complexity index is 430. The van der Waals surface area contributed by atoms with Crippen LogP contribution in [-0.4, -0.2) is 12.1 Å². The second-order valence-corrected chi connectivity index (χ2v) is 4.52. The maximum Gasteiger partial charge on any atom is 0.135 e. The van der Waals surface area contributed by atoms with E-state index in [9.17, 15) is 0 Å². The van der Waals surface area contributed by atoms with Gasteiger partial charge in [0.05, 0.1) is 6.07 Å². The minimum absolute atomic E-state index is 0.202. The summed E-state index contributed by atoms with van der Waals surface area (Å²) in [6.45, 7) is 7.93.